The van der Waals surface area contributed by atoms with Crippen molar-refractivity contribution < 1.29 is 18.4 Å². The fourth-order valence-corrected chi connectivity index (χ4v) is 2.50. The normalized spacial score (nSPS) is 15.9. The summed E-state index contributed by atoms with van der Waals surface area (Å²) in [6.07, 6.45) is 0.868. The van der Waals surface area contributed by atoms with Crippen molar-refractivity contribution in [3.05, 3.63) is 23.8 Å². The van der Waals surface area contributed by atoms with Crippen LogP contribution in [0, 0.1) is 0 Å². The maximum absolute atomic E-state index is 11.5. The molecule has 1 aliphatic heterocycles. The molecule has 2 rings (SSSR count). The Morgan fingerprint density at radius 1 is 1.35 bits per heavy atom. The van der Waals surface area contributed by atoms with Gasteiger partial charge in [-0.15, -0.1) is 0 Å². The van der Waals surface area contributed by atoms with Crippen molar-refractivity contribution >= 4 is 21.6 Å². The predicted molar refractivity (Wildman–Crippen MR) is 60.3 cm³/mol. The molecule has 0 saturated carbocycles. The number of sulfonamides is 1. The summed E-state index contributed by atoms with van der Waals surface area (Å²) in [6.45, 7) is 0. The fourth-order valence-electron chi connectivity index (χ4n) is 1.85. The Morgan fingerprint density at radius 2 is 2.06 bits per heavy atom. The summed E-state index contributed by atoms with van der Waals surface area (Å²) >= 11 is 0. The zero-order valence-electron chi connectivity index (χ0n) is 9.17. The molecule has 7 heteroatoms. The molecule has 0 spiro atoms. The molecule has 0 saturated heterocycles. The van der Waals surface area contributed by atoms with Crippen LogP contribution in [0.2, 0.25) is 0 Å². The first-order valence-corrected chi connectivity index (χ1v) is 6.49. The van der Waals surface area contributed by atoms with E-state index in [1.807, 2.05) is 0 Å². The smallest absolute Gasteiger partial charge is 0.262 e. The Balaban J connectivity index is 2.50. The first kappa shape index (κ1) is 12.0. The van der Waals surface area contributed by atoms with Crippen LogP contribution >= 0.6 is 0 Å². The number of benzene rings is 1. The highest BCUT2D eigenvalue weighted by Crippen LogP contribution is 2.28. The van der Waals surface area contributed by atoms with E-state index >= 15 is 0 Å². The van der Waals surface area contributed by atoms with Gasteiger partial charge in [-0.2, -0.15) is 0 Å². The van der Waals surface area contributed by atoms with Crippen molar-refractivity contribution in [3.8, 4) is 0 Å². The summed E-state index contributed by atoms with van der Waals surface area (Å²) in [5.74, 6) is 0.00777. The number of nitrogens with zero attached hydrogens (tertiary/aromatic N) is 1. The van der Waals surface area contributed by atoms with Crippen molar-refractivity contribution in [2.24, 2.45) is 0 Å². The van der Waals surface area contributed by atoms with Crippen LogP contribution in [-0.4, -0.2) is 26.6 Å². The van der Waals surface area contributed by atoms with Crippen LogP contribution < -0.4 is 9.79 Å². The van der Waals surface area contributed by atoms with Gasteiger partial charge in [0, 0.05) is 19.2 Å². The average molecular weight is 256 g/mol. The second-order valence-electron chi connectivity index (χ2n) is 3.84. The molecule has 2 N–H and O–H groups in total. The van der Waals surface area contributed by atoms with Crippen LogP contribution in [0.3, 0.4) is 0 Å². The molecule has 17 heavy (non-hydrogen) atoms. The molecule has 6 nitrogen and oxygen atoms in total. The highest BCUT2D eigenvalue weighted by Gasteiger charge is 2.23. The topological polar surface area (TPSA) is 86.7 Å². The SMILES string of the molecule is CN1C(=O)CCc2cc(S(=O)(=O)NO)ccc21. The summed E-state index contributed by atoms with van der Waals surface area (Å²) in [5, 5.41) is 8.54. The standard InChI is InChI=1S/C10H12N2O4S/c1-12-9-4-3-8(17(15,16)11-14)6-7(9)2-5-10(12)13/h3-4,6,11,14H,2,5H2,1H3. The van der Waals surface area contributed by atoms with Gasteiger partial charge in [-0.3, -0.25) is 4.79 Å². The zero-order chi connectivity index (χ0) is 12.6. The minimum atomic E-state index is -3.86. The second-order valence-corrected chi connectivity index (χ2v) is 5.50. The Hall–Kier alpha value is -1.44. The lowest BCUT2D eigenvalue weighted by atomic mass is 10.0. The van der Waals surface area contributed by atoms with Gasteiger partial charge < -0.3 is 10.1 Å². The van der Waals surface area contributed by atoms with E-state index in [-0.39, 0.29) is 10.8 Å². The van der Waals surface area contributed by atoms with E-state index in [4.69, 9.17) is 5.21 Å². The second kappa shape index (κ2) is 4.10. The number of nitrogens with one attached hydrogen (secondary N) is 1. The first-order valence-electron chi connectivity index (χ1n) is 5.01. The number of rotatable bonds is 2. The lowest BCUT2D eigenvalue weighted by Gasteiger charge is -2.25. The molecule has 0 aromatic heterocycles. The minimum Gasteiger partial charge on any atom is -0.315 e. The van der Waals surface area contributed by atoms with Gasteiger partial charge in [0.2, 0.25) is 5.91 Å². The van der Waals surface area contributed by atoms with Crippen molar-refractivity contribution in [1.82, 2.24) is 4.89 Å². The van der Waals surface area contributed by atoms with Gasteiger partial charge in [-0.25, -0.2) is 8.42 Å². The number of anilines is 1. The highest BCUT2D eigenvalue weighted by atomic mass is 32.2. The largest absolute Gasteiger partial charge is 0.315 e. The molecule has 1 amide bonds. The van der Waals surface area contributed by atoms with E-state index in [2.05, 4.69) is 0 Å². The molecule has 1 heterocycles. The third-order valence-electron chi connectivity index (χ3n) is 2.83. The molecule has 0 atom stereocenters. The van der Waals surface area contributed by atoms with Gasteiger partial charge in [0.05, 0.1) is 4.90 Å². The summed E-state index contributed by atoms with van der Waals surface area (Å²) in [5.41, 5.74) is 1.49. The maximum Gasteiger partial charge on any atom is 0.262 e. The van der Waals surface area contributed by atoms with Gasteiger partial charge in [0.15, 0.2) is 0 Å². The van der Waals surface area contributed by atoms with Crippen molar-refractivity contribution in [1.29, 1.82) is 0 Å². The number of carbonyl (C=O) groups is 1. The Kier molecular flexibility index (Phi) is 2.90. The Morgan fingerprint density at radius 3 is 2.71 bits per heavy atom. The summed E-state index contributed by atoms with van der Waals surface area (Å²) in [6, 6.07) is 4.39. The summed E-state index contributed by atoms with van der Waals surface area (Å²) in [4.78, 5) is 14.2. The van der Waals surface area contributed by atoms with Gasteiger partial charge in [0.1, 0.15) is 0 Å². The maximum atomic E-state index is 11.5. The van der Waals surface area contributed by atoms with E-state index in [0.29, 0.717) is 18.5 Å². The Labute approximate surface area is 98.9 Å². The molecule has 0 radical (unpaired) electrons. The van der Waals surface area contributed by atoms with Gasteiger partial charge in [0.25, 0.3) is 10.0 Å². The molecular formula is C10H12N2O4S. The minimum absolute atomic E-state index is 0.00777. The monoisotopic (exact) mass is 256 g/mol. The van der Waals surface area contributed by atoms with Crippen LogP contribution in [0.4, 0.5) is 5.69 Å². The number of aryl methyl sites for hydroxylation is 1. The number of amides is 1. The predicted octanol–water partition coefficient (Wildman–Crippen LogP) is 0.263. The summed E-state index contributed by atoms with van der Waals surface area (Å²) < 4.78 is 22.8. The lowest BCUT2D eigenvalue weighted by Crippen LogP contribution is -2.31. The van der Waals surface area contributed by atoms with E-state index in [9.17, 15) is 13.2 Å². The average Bonchev–Trinajstić information content (AvgIpc) is 2.33. The molecule has 1 aliphatic rings. The van der Waals surface area contributed by atoms with Crippen LogP contribution in [0.5, 0.6) is 0 Å². The third kappa shape index (κ3) is 2.04. The van der Waals surface area contributed by atoms with Gasteiger partial charge >= 0.3 is 0 Å². The molecule has 0 bridgehead atoms. The molecular weight excluding hydrogens is 244 g/mol. The summed E-state index contributed by atoms with van der Waals surface area (Å²) in [7, 11) is -2.21. The highest BCUT2D eigenvalue weighted by molar-refractivity contribution is 7.89. The van der Waals surface area contributed by atoms with Gasteiger partial charge in [-0.1, -0.05) is 4.89 Å². The van der Waals surface area contributed by atoms with E-state index in [1.165, 1.54) is 21.9 Å². The molecule has 0 fully saturated rings. The van der Waals surface area contributed by atoms with Crippen LogP contribution in [0.25, 0.3) is 0 Å². The van der Waals surface area contributed by atoms with E-state index in [1.54, 1.807) is 13.1 Å². The van der Waals surface area contributed by atoms with E-state index < -0.39 is 10.0 Å². The molecule has 92 valence electrons. The van der Waals surface area contributed by atoms with Crippen LogP contribution in [0.15, 0.2) is 23.1 Å². The Bertz CT molecular complexity index is 568. The fraction of sp³-hybridized carbons (Fsp3) is 0.300. The van der Waals surface area contributed by atoms with Crippen molar-refractivity contribution in [2.45, 2.75) is 17.7 Å². The number of carbonyl (C=O) groups excluding carboxylic acids is 1. The first-order chi connectivity index (χ1) is 7.95. The number of hydrogen-bond donors (Lipinski definition) is 2. The third-order valence-corrected chi connectivity index (χ3v) is 3.94. The quantitative estimate of drug-likeness (QED) is 0.743. The molecule has 0 aliphatic carbocycles. The van der Waals surface area contributed by atoms with Gasteiger partial charge in [-0.05, 0) is 30.2 Å². The number of fused-ring (bicyclic) bond motifs is 1. The molecule has 0 unspecified atom stereocenters. The molecule has 1 aromatic carbocycles. The zero-order valence-corrected chi connectivity index (χ0v) is 9.99. The molecule has 1 aromatic rings. The van der Waals surface area contributed by atoms with E-state index in [0.717, 1.165) is 5.56 Å². The number of hydrogen-bond acceptors (Lipinski definition) is 4. The van der Waals surface area contributed by atoms with Crippen molar-refractivity contribution in [2.75, 3.05) is 11.9 Å². The van der Waals surface area contributed by atoms with Crippen LogP contribution in [0.1, 0.15) is 12.0 Å². The lowest BCUT2D eigenvalue weighted by molar-refractivity contribution is -0.118. The van der Waals surface area contributed by atoms with Crippen molar-refractivity contribution in [3.63, 3.8) is 0 Å². The van der Waals surface area contributed by atoms with Crippen LogP contribution in [-0.2, 0) is 21.2 Å².